The van der Waals surface area contributed by atoms with Crippen LogP contribution in [-0.2, 0) is 0 Å². The van der Waals surface area contributed by atoms with Gasteiger partial charge in [0.1, 0.15) is 0 Å². The fraction of sp³-hybridized carbons (Fsp3) is 0.286. The lowest BCUT2D eigenvalue weighted by Gasteiger charge is -2.10. The second kappa shape index (κ2) is 6.56. The average Bonchev–Trinajstić information content (AvgIpc) is 2.40. The Morgan fingerprint density at radius 1 is 1.40 bits per heavy atom. The van der Waals surface area contributed by atoms with E-state index in [1.54, 1.807) is 12.3 Å². The molecule has 0 fully saturated rings. The van der Waals surface area contributed by atoms with Gasteiger partial charge in [-0.3, -0.25) is 0 Å². The van der Waals surface area contributed by atoms with Gasteiger partial charge in [-0.25, -0.2) is 14.4 Å². The van der Waals surface area contributed by atoms with Crippen molar-refractivity contribution in [2.45, 2.75) is 30.3 Å². The van der Waals surface area contributed by atoms with E-state index >= 15 is 0 Å². The van der Waals surface area contributed by atoms with Gasteiger partial charge in [0.2, 0.25) is 0 Å². The van der Waals surface area contributed by atoms with Crippen molar-refractivity contribution in [3.05, 3.63) is 35.9 Å². The first-order chi connectivity index (χ1) is 9.60. The topological polar surface area (TPSA) is 61.0 Å². The fourth-order valence-corrected chi connectivity index (χ4v) is 2.38. The second-order valence-electron chi connectivity index (χ2n) is 4.25. The zero-order chi connectivity index (χ0) is 14.5. The zero-order valence-electron chi connectivity index (χ0n) is 11.4. The highest BCUT2D eigenvalue weighted by molar-refractivity contribution is 7.99. The maximum atomic E-state index is 13.7. The molecule has 1 heterocycles. The van der Waals surface area contributed by atoms with Crippen LogP contribution in [0, 0.1) is 12.7 Å². The number of hydrogen-bond acceptors (Lipinski definition) is 5. The molecular weight excluding hydrogens is 277 g/mol. The molecule has 0 spiro atoms. The summed E-state index contributed by atoms with van der Waals surface area (Å²) in [5, 5.41) is 0.574. The van der Waals surface area contributed by atoms with Crippen LogP contribution >= 0.6 is 11.8 Å². The molecule has 0 atom stereocenters. The summed E-state index contributed by atoms with van der Waals surface area (Å²) in [6.07, 6.45) is 2.49. The average molecular weight is 293 g/mol. The molecule has 0 aliphatic carbocycles. The monoisotopic (exact) mass is 293 g/mol. The van der Waals surface area contributed by atoms with Crippen molar-refractivity contribution in [3.63, 3.8) is 0 Å². The van der Waals surface area contributed by atoms with Gasteiger partial charge in [0, 0.05) is 28.5 Å². The Bertz CT molecular complexity index is 607. The summed E-state index contributed by atoms with van der Waals surface area (Å²) >= 11 is 1.29. The molecule has 0 saturated carbocycles. The SMILES string of the molecule is CCCOc1cc(Sc2nccc(C)n2)c(N)cc1F. The van der Waals surface area contributed by atoms with E-state index in [0.29, 0.717) is 22.3 Å². The number of benzene rings is 1. The minimum absolute atomic E-state index is 0.205. The molecule has 1 aromatic heterocycles. The minimum Gasteiger partial charge on any atom is -0.490 e. The molecule has 0 unspecified atom stereocenters. The van der Waals surface area contributed by atoms with Gasteiger partial charge in [0.15, 0.2) is 16.7 Å². The van der Waals surface area contributed by atoms with Crippen molar-refractivity contribution in [2.24, 2.45) is 0 Å². The molecular formula is C14H16FN3OS. The van der Waals surface area contributed by atoms with Crippen molar-refractivity contribution >= 4 is 17.4 Å². The van der Waals surface area contributed by atoms with E-state index in [2.05, 4.69) is 9.97 Å². The molecule has 106 valence electrons. The van der Waals surface area contributed by atoms with Gasteiger partial charge >= 0.3 is 0 Å². The van der Waals surface area contributed by atoms with Gasteiger partial charge in [-0.15, -0.1) is 0 Å². The van der Waals surface area contributed by atoms with Crippen LogP contribution in [0.2, 0.25) is 0 Å². The second-order valence-corrected chi connectivity index (χ2v) is 5.26. The first-order valence-electron chi connectivity index (χ1n) is 6.29. The quantitative estimate of drug-likeness (QED) is 0.676. The van der Waals surface area contributed by atoms with Crippen LogP contribution < -0.4 is 10.5 Å². The number of aryl methyl sites for hydroxylation is 1. The van der Waals surface area contributed by atoms with Crippen LogP contribution in [-0.4, -0.2) is 16.6 Å². The first kappa shape index (κ1) is 14.6. The van der Waals surface area contributed by atoms with Gasteiger partial charge in [-0.05, 0) is 37.2 Å². The van der Waals surface area contributed by atoms with E-state index in [1.807, 2.05) is 19.9 Å². The third-order valence-corrected chi connectivity index (χ3v) is 3.45. The standard InChI is InChI=1S/C14H16FN3OS/c1-3-6-19-12-8-13(11(16)7-10(12)15)20-14-17-5-4-9(2)18-14/h4-5,7-8H,3,6,16H2,1-2H3. The Hall–Kier alpha value is -1.82. The number of halogens is 1. The summed E-state index contributed by atoms with van der Waals surface area (Å²) in [6, 6.07) is 4.67. The van der Waals surface area contributed by atoms with Crippen LogP contribution in [0.4, 0.5) is 10.1 Å². The summed E-state index contributed by atoms with van der Waals surface area (Å²) in [5.41, 5.74) is 7.05. The predicted octanol–water partition coefficient (Wildman–Crippen LogP) is 3.45. The number of hydrogen-bond donors (Lipinski definition) is 1. The lowest BCUT2D eigenvalue weighted by Crippen LogP contribution is -2.00. The normalized spacial score (nSPS) is 10.6. The van der Waals surface area contributed by atoms with Crippen LogP contribution in [0.25, 0.3) is 0 Å². The molecule has 1 aromatic carbocycles. The first-order valence-corrected chi connectivity index (χ1v) is 7.11. The van der Waals surface area contributed by atoms with E-state index in [-0.39, 0.29) is 5.75 Å². The van der Waals surface area contributed by atoms with Crippen LogP contribution in [0.15, 0.2) is 34.4 Å². The molecule has 0 aliphatic rings. The zero-order valence-corrected chi connectivity index (χ0v) is 12.2. The summed E-state index contributed by atoms with van der Waals surface area (Å²) in [5.74, 6) is -0.248. The summed E-state index contributed by atoms with van der Waals surface area (Å²) in [6.45, 7) is 4.31. The largest absolute Gasteiger partial charge is 0.490 e. The third kappa shape index (κ3) is 3.60. The molecule has 4 nitrogen and oxygen atoms in total. The molecule has 6 heteroatoms. The maximum Gasteiger partial charge on any atom is 0.192 e. The highest BCUT2D eigenvalue weighted by Gasteiger charge is 2.11. The van der Waals surface area contributed by atoms with Crippen molar-refractivity contribution < 1.29 is 9.13 Å². The molecule has 2 aromatic rings. The van der Waals surface area contributed by atoms with E-state index in [0.717, 1.165) is 12.1 Å². The lowest BCUT2D eigenvalue weighted by molar-refractivity contribution is 0.300. The molecule has 0 saturated heterocycles. The van der Waals surface area contributed by atoms with Crippen LogP contribution in [0.3, 0.4) is 0 Å². The minimum atomic E-state index is -0.453. The lowest BCUT2D eigenvalue weighted by atomic mass is 10.3. The van der Waals surface area contributed by atoms with Gasteiger partial charge in [-0.2, -0.15) is 0 Å². The predicted molar refractivity (Wildman–Crippen MR) is 77.5 cm³/mol. The summed E-state index contributed by atoms with van der Waals surface area (Å²) < 4.78 is 19.1. The molecule has 0 amide bonds. The molecule has 2 rings (SSSR count). The van der Waals surface area contributed by atoms with Gasteiger partial charge in [0.25, 0.3) is 0 Å². The van der Waals surface area contributed by atoms with Crippen molar-refractivity contribution in [1.29, 1.82) is 0 Å². The fourth-order valence-electron chi connectivity index (χ4n) is 1.53. The summed E-state index contributed by atoms with van der Waals surface area (Å²) in [7, 11) is 0. The Labute approximate surface area is 121 Å². The summed E-state index contributed by atoms with van der Waals surface area (Å²) in [4.78, 5) is 9.12. The number of nitrogen functional groups attached to an aromatic ring is 1. The highest BCUT2D eigenvalue weighted by atomic mass is 32.2. The van der Waals surface area contributed by atoms with E-state index in [9.17, 15) is 4.39 Å². The van der Waals surface area contributed by atoms with Crippen LogP contribution in [0.1, 0.15) is 19.0 Å². The smallest absolute Gasteiger partial charge is 0.192 e. The molecule has 0 bridgehead atoms. The Morgan fingerprint density at radius 2 is 2.20 bits per heavy atom. The third-order valence-electron chi connectivity index (χ3n) is 2.50. The van der Waals surface area contributed by atoms with E-state index in [4.69, 9.17) is 10.5 Å². The van der Waals surface area contributed by atoms with Crippen molar-refractivity contribution in [1.82, 2.24) is 9.97 Å². The molecule has 20 heavy (non-hydrogen) atoms. The van der Waals surface area contributed by atoms with Crippen molar-refractivity contribution in [3.8, 4) is 5.75 Å². The Balaban J connectivity index is 2.26. The number of rotatable bonds is 5. The number of aromatic nitrogens is 2. The van der Waals surface area contributed by atoms with E-state index < -0.39 is 5.82 Å². The van der Waals surface area contributed by atoms with Gasteiger partial charge < -0.3 is 10.5 Å². The highest BCUT2D eigenvalue weighted by Crippen LogP contribution is 2.34. The number of anilines is 1. The number of nitrogens with two attached hydrogens (primary N) is 1. The Morgan fingerprint density at radius 3 is 2.90 bits per heavy atom. The molecule has 0 aliphatic heterocycles. The molecule has 0 radical (unpaired) electrons. The van der Waals surface area contributed by atoms with Gasteiger partial charge in [0.05, 0.1) is 6.61 Å². The van der Waals surface area contributed by atoms with E-state index in [1.165, 1.54) is 17.8 Å². The number of nitrogens with zero attached hydrogens (tertiary/aromatic N) is 2. The molecule has 2 N–H and O–H groups in total. The van der Waals surface area contributed by atoms with Gasteiger partial charge in [-0.1, -0.05) is 6.92 Å². The van der Waals surface area contributed by atoms with Crippen molar-refractivity contribution in [2.75, 3.05) is 12.3 Å². The Kier molecular flexibility index (Phi) is 4.79. The van der Waals surface area contributed by atoms with Crippen LogP contribution in [0.5, 0.6) is 5.75 Å². The maximum absolute atomic E-state index is 13.7. The number of ether oxygens (including phenoxy) is 1.